The molecular formula is C19H39NO2S. The van der Waals surface area contributed by atoms with Gasteiger partial charge in [-0.2, -0.15) is 11.8 Å². The van der Waals surface area contributed by atoms with Crippen LogP contribution in [0.4, 0.5) is 0 Å². The summed E-state index contributed by atoms with van der Waals surface area (Å²) in [7, 11) is 0. The Labute approximate surface area is 148 Å². The first-order valence-corrected chi connectivity index (χ1v) is 11.1. The Kier molecular flexibility index (Phi) is 18.0. The molecule has 0 aliphatic rings. The summed E-state index contributed by atoms with van der Waals surface area (Å²) in [5.41, 5.74) is 0. The largest absolute Gasteiger partial charge is 0.480 e. The molecule has 0 saturated carbocycles. The Morgan fingerprint density at radius 2 is 1.39 bits per heavy atom. The lowest BCUT2D eigenvalue weighted by atomic mass is 10.1. The summed E-state index contributed by atoms with van der Waals surface area (Å²) in [4.78, 5) is 11.1. The number of carboxylic acid groups (broad SMARTS) is 1. The molecule has 0 aliphatic heterocycles. The van der Waals surface area contributed by atoms with Crippen LogP contribution >= 0.6 is 11.8 Å². The maximum atomic E-state index is 11.1. The van der Waals surface area contributed by atoms with Crippen molar-refractivity contribution in [3.63, 3.8) is 0 Å². The summed E-state index contributed by atoms with van der Waals surface area (Å²) in [5.74, 6) is 0.195. The van der Waals surface area contributed by atoms with Crippen LogP contribution in [-0.2, 0) is 4.79 Å². The van der Waals surface area contributed by atoms with Crippen molar-refractivity contribution < 1.29 is 9.90 Å². The summed E-state index contributed by atoms with van der Waals surface area (Å²) in [6, 6.07) is -0.366. The number of thioether (sulfide) groups is 1. The normalized spacial score (nSPS) is 12.4. The van der Waals surface area contributed by atoms with Gasteiger partial charge in [0, 0.05) is 0 Å². The number of unbranched alkanes of at least 4 members (excludes halogenated alkanes) is 11. The van der Waals surface area contributed by atoms with E-state index in [1.54, 1.807) is 11.8 Å². The van der Waals surface area contributed by atoms with Crippen molar-refractivity contribution in [2.45, 2.75) is 96.4 Å². The lowest BCUT2D eigenvalue weighted by molar-refractivity contribution is -0.139. The van der Waals surface area contributed by atoms with Gasteiger partial charge in [0.2, 0.25) is 0 Å². The molecular weight excluding hydrogens is 306 g/mol. The van der Waals surface area contributed by atoms with Crippen molar-refractivity contribution in [2.24, 2.45) is 0 Å². The first-order chi connectivity index (χ1) is 11.2. The van der Waals surface area contributed by atoms with Crippen LogP contribution in [-0.4, -0.2) is 35.7 Å². The van der Waals surface area contributed by atoms with E-state index in [2.05, 4.69) is 12.2 Å². The molecule has 0 rings (SSSR count). The Balaban J connectivity index is 3.27. The van der Waals surface area contributed by atoms with Gasteiger partial charge >= 0.3 is 5.97 Å². The van der Waals surface area contributed by atoms with E-state index >= 15 is 0 Å². The van der Waals surface area contributed by atoms with E-state index in [1.807, 2.05) is 6.26 Å². The Hall–Kier alpha value is -0.220. The molecule has 4 heteroatoms. The van der Waals surface area contributed by atoms with Gasteiger partial charge in [0.25, 0.3) is 0 Å². The molecule has 0 amide bonds. The highest BCUT2D eigenvalue weighted by Gasteiger charge is 2.15. The van der Waals surface area contributed by atoms with E-state index in [0.29, 0.717) is 0 Å². The highest BCUT2D eigenvalue weighted by molar-refractivity contribution is 7.98. The van der Waals surface area contributed by atoms with Crippen LogP contribution in [0, 0.1) is 0 Å². The zero-order chi connectivity index (χ0) is 17.2. The second-order valence-corrected chi connectivity index (χ2v) is 7.50. The van der Waals surface area contributed by atoms with Gasteiger partial charge in [-0.3, -0.25) is 4.79 Å². The Morgan fingerprint density at radius 3 is 1.83 bits per heavy atom. The second-order valence-electron chi connectivity index (χ2n) is 6.52. The molecule has 0 aromatic carbocycles. The maximum Gasteiger partial charge on any atom is 0.320 e. The number of carbonyl (C=O) groups is 1. The molecule has 138 valence electrons. The number of carboxylic acids is 1. The lowest BCUT2D eigenvalue weighted by Gasteiger charge is -2.13. The fraction of sp³-hybridized carbons (Fsp3) is 0.947. The van der Waals surface area contributed by atoms with E-state index in [9.17, 15) is 4.79 Å². The predicted molar refractivity (Wildman–Crippen MR) is 104 cm³/mol. The second kappa shape index (κ2) is 18.1. The van der Waals surface area contributed by atoms with Gasteiger partial charge in [0.1, 0.15) is 6.04 Å². The molecule has 0 bridgehead atoms. The van der Waals surface area contributed by atoms with Gasteiger partial charge in [-0.15, -0.1) is 0 Å². The fourth-order valence-electron chi connectivity index (χ4n) is 2.79. The predicted octanol–water partition coefficient (Wildman–Crippen LogP) is 5.48. The molecule has 0 radical (unpaired) electrons. The number of rotatable bonds is 18. The van der Waals surface area contributed by atoms with Crippen LogP contribution in [0.3, 0.4) is 0 Å². The van der Waals surface area contributed by atoms with Crippen molar-refractivity contribution in [1.82, 2.24) is 5.32 Å². The lowest BCUT2D eigenvalue weighted by Crippen LogP contribution is -2.37. The summed E-state index contributed by atoms with van der Waals surface area (Å²) < 4.78 is 0. The molecule has 0 aromatic heterocycles. The van der Waals surface area contributed by atoms with E-state index < -0.39 is 5.97 Å². The summed E-state index contributed by atoms with van der Waals surface area (Å²) >= 11 is 1.71. The van der Waals surface area contributed by atoms with Gasteiger partial charge in [-0.25, -0.2) is 0 Å². The summed E-state index contributed by atoms with van der Waals surface area (Å²) in [5, 5.41) is 12.3. The van der Waals surface area contributed by atoms with Gasteiger partial charge in [-0.1, -0.05) is 77.6 Å². The number of hydrogen-bond acceptors (Lipinski definition) is 3. The van der Waals surface area contributed by atoms with Gasteiger partial charge in [0.05, 0.1) is 0 Å². The van der Waals surface area contributed by atoms with Crippen LogP contribution in [0.2, 0.25) is 0 Å². The minimum Gasteiger partial charge on any atom is -0.480 e. The van der Waals surface area contributed by atoms with Crippen LogP contribution in [0.5, 0.6) is 0 Å². The molecule has 23 heavy (non-hydrogen) atoms. The quantitative estimate of drug-likeness (QED) is 0.323. The van der Waals surface area contributed by atoms with Crippen molar-refractivity contribution in [2.75, 3.05) is 18.6 Å². The zero-order valence-electron chi connectivity index (χ0n) is 15.4. The highest BCUT2D eigenvalue weighted by Crippen LogP contribution is 2.11. The first kappa shape index (κ1) is 22.8. The standard InChI is InChI=1S/C19H39NO2S/c1-3-4-5-6-7-8-9-10-11-12-13-14-16-20-18(19(21)22)15-17-23-2/h18,20H,3-17H2,1-2H3,(H,21,22)/t18-/m0/s1. The summed E-state index contributed by atoms with van der Waals surface area (Å²) in [6.45, 7) is 3.10. The van der Waals surface area contributed by atoms with E-state index in [-0.39, 0.29) is 6.04 Å². The van der Waals surface area contributed by atoms with Gasteiger partial charge in [0.15, 0.2) is 0 Å². The molecule has 0 heterocycles. The number of nitrogens with one attached hydrogen (secondary N) is 1. The fourth-order valence-corrected chi connectivity index (χ4v) is 3.26. The molecule has 0 aromatic rings. The molecule has 0 saturated heterocycles. The van der Waals surface area contributed by atoms with Crippen LogP contribution in [0.25, 0.3) is 0 Å². The molecule has 1 atom stereocenters. The van der Waals surface area contributed by atoms with Crippen molar-refractivity contribution in [3.05, 3.63) is 0 Å². The van der Waals surface area contributed by atoms with Crippen molar-refractivity contribution in [1.29, 1.82) is 0 Å². The maximum absolute atomic E-state index is 11.1. The summed E-state index contributed by atoms with van der Waals surface area (Å²) in [6.07, 6.45) is 18.8. The van der Waals surface area contributed by atoms with Crippen LogP contribution in [0.1, 0.15) is 90.4 Å². The number of hydrogen-bond donors (Lipinski definition) is 2. The van der Waals surface area contributed by atoms with Gasteiger partial charge in [-0.05, 0) is 31.4 Å². The third-order valence-corrected chi connectivity index (χ3v) is 4.97. The monoisotopic (exact) mass is 345 g/mol. The minimum atomic E-state index is -0.710. The molecule has 3 nitrogen and oxygen atoms in total. The topological polar surface area (TPSA) is 49.3 Å². The molecule has 0 unspecified atom stereocenters. The molecule has 0 aliphatic carbocycles. The molecule has 0 fully saturated rings. The van der Waals surface area contributed by atoms with Crippen LogP contribution < -0.4 is 5.32 Å². The molecule has 2 N–H and O–H groups in total. The zero-order valence-corrected chi connectivity index (χ0v) is 16.3. The minimum absolute atomic E-state index is 0.366. The Morgan fingerprint density at radius 1 is 0.913 bits per heavy atom. The Bertz CT molecular complexity index is 262. The van der Waals surface area contributed by atoms with Crippen LogP contribution in [0.15, 0.2) is 0 Å². The number of aliphatic carboxylic acids is 1. The van der Waals surface area contributed by atoms with E-state index in [1.165, 1.54) is 70.6 Å². The van der Waals surface area contributed by atoms with Crippen molar-refractivity contribution >= 4 is 17.7 Å². The third kappa shape index (κ3) is 16.4. The SMILES string of the molecule is CCCCCCCCCCCCCCN[C@@H](CCSC)C(=O)O. The van der Waals surface area contributed by atoms with E-state index in [0.717, 1.165) is 25.1 Å². The van der Waals surface area contributed by atoms with E-state index in [4.69, 9.17) is 5.11 Å². The third-order valence-electron chi connectivity index (χ3n) is 4.33. The smallest absolute Gasteiger partial charge is 0.320 e. The average Bonchev–Trinajstić information content (AvgIpc) is 2.54. The molecule has 0 spiro atoms. The highest BCUT2D eigenvalue weighted by atomic mass is 32.2. The average molecular weight is 346 g/mol. The van der Waals surface area contributed by atoms with Crippen molar-refractivity contribution in [3.8, 4) is 0 Å². The van der Waals surface area contributed by atoms with Gasteiger partial charge < -0.3 is 10.4 Å². The first-order valence-electron chi connectivity index (χ1n) is 9.67.